The molecule has 0 amide bonds. The van der Waals surface area contributed by atoms with Gasteiger partial charge in [-0.05, 0) is 35.7 Å². The Bertz CT molecular complexity index is 701. The Morgan fingerprint density at radius 1 is 1.26 bits per heavy atom. The molecule has 0 unspecified atom stereocenters. The number of benzene rings is 2. The van der Waals surface area contributed by atoms with E-state index in [0.717, 1.165) is 27.6 Å². The lowest BCUT2D eigenvalue weighted by Crippen LogP contribution is -2.09. The zero-order valence-electron chi connectivity index (χ0n) is 13.1. The lowest BCUT2D eigenvalue weighted by atomic mass is 10.1. The summed E-state index contributed by atoms with van der Waals surface area (Å²) in [6.45, 7) is 2.13. The molecular weight excluding hydrogens is 363 g/mol. The van der Waals surface area contributed by atoms with Gasteiger partial charge in [0.05, 0.1) is 13.5 Å². The number of carbonyl (C=O) groups excluding carboxylic acids is 1. The van der Waals surface area contributed by atoms with Crippen molar-refractivity contribution in [3.8, 4) is 5.75 Å². The first-order valence-electron chi connectivity index (χ1n) is 7.29. The number of hydrogen-bond acceptors (Lipinski definition) is 3. The van der Waals surface area contributed by atoms with Crippen LogP contribution in [0.2, 0.25) is 0 Å². The van der Waals surface area contributed by atoms with E-state index in [4.69, 9.17) is 9.47 Å². The summed E-state index contributed by atoms with van der Waals surface area (Å²) in [5.41, 5.74) is 2.51. The number of hydrogen-bond donors (Lipinski definition) is 0. The number of rotatable bonds is 6. The fourth-order valence-electron chi connectivity index (χ4n) is 2.19. The molecule has 0 saturated heterocycles. The van der Waals surface area contributed by atoms with Crippen molar-refractivity contribution in [2.24, 2.45) is 0 Å². The minimum atomic E-state index is -0.383. The van der Waals surface area contributed by atoms with Crippen molar-refractivity contribution in [3.63, 3.8) is 0 Å². The SMILES string of the molecule is CCc1ccc(OCc2c(Br)cccc2CC(=O)OC)c(F)c1. The molecule has 0 atom stereocenters. The highest BCUT2D eigenvalue weighted by Crippen LogP contribution is 2.25. The van der Waals surface area contributed by atoms with Crippen LogP contribution in [0.3, 0.4) is 0 Å². The summed E-state index contributed by atoms with van der Waals surface area (Å²) < 4.78 is 25.1. The second-order valence-corrected chi connectivity index (χ2v) is 5.89. The molecule has 0 aliphatic heterocycles. The highest BCUT2D eigenvalue weighted by molar-refractivity contribution is 9.10. The molecule has 0 bridgehead atoms. The van der Waals surface area contributed by atoms with Gasteiger partial charge in [-0.3, -0.25) is 4.79 Å². The van der Waals surface area contributed by atoms with E-state index in [1.165, 1.54) is 13.2 Å². The number of carbonyl (C=O) groups is 1. The van der Waals surface area contributed by atoms with Crippen LogP contribution in [0.1, 0.15) is 23.6 Å². The molecule has 0 aliphatic carbocycles. The number of methoxy groups -OCH3 is 1. The van der Waals surface area contributed by atoms with Gasteiger partial charge in [0, 0.05) is 10.0 Å². The maximum absolute atomic E-state index is 14.0. The standard InChI is InChI=1S/C18H18BrFO3/c1-3-12-7-8-17(16(20)9-12)23-11-14-13(10-18(21)22-2)5-4-6-15(14)19/h4-9H,3,10-11H2,1-2H3. The normalized spacial score (nSPS) is 10.4. The first kappa shape index (κ1) is 17.5. The summed E-state index contributed by atoms with van der Waals surface area (Å²) in [5, 5.41) is 0. The van der Waals surface area contributed by atoms with Crippen molar-refractivity contribution in [2.45, 2.75) is 26.4 Å². The van der Waals surface area contributed by atoms with Gasteiger partial charge in [0.15, 0.2) is 11.6 Å². The van der Waals surface area contributed by atoms with E-state index in [9.17, 15) is 9.18 Å². The summed E-state index contributed by atoms with van der Waals surface area (Å²) in [6, 6.07) is 10.5. The maximum atomic E-state index is 14.0. The topological polar surface area (TPSA) is 35.5 Å². The zero-order chi connectivity index (χ0) is 16.8. The summed E-state index contributed by atoms with van der Waals surface area (Å²) in [4.78, 5) is 11.5. The Balaban J connectivity index is 2.18. The molecule has 0 spiro atoms. The van der Waals surface area contributed by atoms with E-state index in [-0.39, 0.29) is 30.6 Å². The Hall–Kier alpha value is -1.88. The van der Waals surface area contributed by atoms with Gasteiger partial charge >= 0.3 is 5.97 Å². The van der Waals surface area contributed by atoms with Gasteiger partial charge in [-0.15, -0.1) is 0 Å². The molecule has 3 nitrogen and oxygen atoms in total. The summed E-state index contributed by atoms with van der Waals surface area (Å²) in [7, 11) is 1.35. The molecule has 0 radical (unpaired) electrons. The van der Waals surface area contributed by atoms with Gasteiger partial charge in [-0.2, -0.15) is 0 Å². The Morgan fingerprint density at radius 2 is 2.04 bits per heavy atom. The third-order valence-electron chi connectivity index (χ3n) is 3.55. The van der Waals surface area contributed by atoms with Gasteiger partial charge < -0.3 is 9.47 Å². The van der Waals surface area contributed by atoms with Gasteiger partial charge in [0.2, 0.25) is 0 Å². The molecule has 0 aromatic heterocycles. The minimum Gasteiger partial charge on any atom is -0.486 e. The largest absolute Gasteiger partial charge is 0.486 e. The van der Waals surface area contributed by atoms with Crippen LogP contribution >= 0.6 is 15.9 Å². The minimum absolute atomic E-state index is 0.145. The van der Waals surface area contributed by atoms with Crippen LogP contribution in [0.5, 0.6) is 5.75 Å². The molecule has 2 aromatic rings. The second kappa shape index (κ2) is 8.11. The van der Waals surface area contributed by atoms with E-state index >= 15 is 0 Å². The fraction of sp³-hybridized carbons (Fsp3) is 0.278. The lowest BCUT2D eigenvalue weighted by Gasteiger charge is -2.13. The van der Waals surface area contributed by atoms with Gasteiger partial charge in [-0.25, -0.2) is 4.39 Å². The highest BCUT2D eigenvalue weighted by atomic mass is 79.9. The summed E-state index contributed by atoms with van der Waals surface area (Å²) >= 11 is 3.45. The number of halogens is 2. The summed E-state index contributed by atoms with van der Waals surface area (Å²) in [6.07, 6.45) is 0.913. The van der Waals surface area contributed by atoms with E-state index in [1.54, 1.807) is 6.07 Å². The van der Waals surface area contributed by atoms with Crippen LogP contribution in [0, 0.1) is 5.82 Å². The van der Waals surface area contributed by atoms with Crippen molar-refractivity contribution >= 4 is 21.9 Å². The number of ether oxygens (including phenoxy) is 2. The molecule has 2 aromatic carbocycles. The quantitative estimate of drug-likeness (QED) is 0.694. The van der Waals surface area contributed by atoms with Crippen LogP contribution < -0.4 is 4.74 Å². The second-order valence-electron chi connectivity index (χ2n) is 5.04. The van der Waals surface area contributed by atoms with Gasteiger partial charge in [-0.1, -0.05) is 41.1 Å². The smallest absolute Gasteiger partial charge is 0.309 e. The molecule has 0 saturated carbocycles. The molecule has 0 heterocycles. The molecule has 2 rings (SSSR count). The van der Waals surface area contributed by atoms with Gasteiger partial charge in [0.1, 0.15) is 6.61 Å². The van der Waals surface area contributed by atoms with Crippen LogP contribution in [0.4, 0.5) is 4.39 Å². The first-order valence-corrected chi connectivity index (χ1v) is 8.08. The van der Waals surface area contributed by atoms with E-state index in [1.807, 2.05) is 31.2 Å². The highest BCUT2D eigenvalue weighted by Gasteiger charge is 2.13. The molecule has 122 valence electrons. The third kappa shape index (κ3) is 4.55. The fourth-order valence-corrected chi connectivity index (χ4v) is 2.71. The van der Waals surface area contributed by atoms with E-state index < -0.39 is 0 Å². The molecule has 0 fully saturated rings. The lowest BCUT2D eigenvalue weighted by molar-refractivity contribution is -0.139. The predicted molar refractivity (Wildman–Crippen MR) is 90.0 cm³/mol. The third-order valence-corrected chi connectivity index (χ3v) is 4.30. The number of aryl methyl sites for hydroxylation is 1. The Morgan fingerprint density at radius 3 is 2.70 bits per heavy atom. The Kier molecular flexibility index (Phi) is 6.16. The van der Waals surface area contributed by atoms with Crippen LogP contribution in [-0.4, -0.2) is 13.1 Å². The van der Waals surface area contributed by atoms with Crippen molar-refractivity contribution in [2.75, 3.05) is 7.11 Å². The van der Waals surface area contributed by atoms with Crippen LogP contribution in [-0.2, 0) is 29.0 Å². The van der Waals surface area contributed by atoms with Crippen LogP contribution in [0.15, 0.2) is 40.9 Å². The van der Waals surface area contributed by atoms with Crippen LogP contribution in [0.25, 0.3) is 0 Å². The maximum Gasteiger partial charge on any atom is 0.309 e. The van der Waals surface area contributed by atoms with E-state index in [0.29, 0.717) is 0 Å². The van der Waals surface area contributed by atoms with Gasteiger partial charge in [0.25, 0.3) is 0 Å². The first-order chi connectivity index (χ1) is 11.0. The van der Waals surface area contributed by atoms with Crippen molar-refractivity contribution in [1.29, 1.82) is 0 Å². The number of esters is 1. The predicted octanol–water partition coefficient (Wildman–Crippen LogP) is 4.45. The molecule has 23 heavy (non-hydrogen) atoms. The van der Waals surface area contributed by atoms with Crippen molar-refractivity contribution in [1.82, 2.24) is 0 Å². The molecule has 0 N–H and O–H groups in total. The Labute approximate surface area is 143 Å². The average Bonchev–Trinajstić information content (AvgIpc) is 2.55. The molecular formula is C18H18BrFO3. The van der Waals surface area contributed by atoms with Crippen molar-refractivity contribution in [3.05, 3.63) is 63.4 Å². The zero-order valence-corrected chi connectivity index (χ0v) is 14.7. The average molecular weight is 381 g/mol. The van der Waals surface area contributed by atoms with Crippen molar-refractivity contribution < 1.29 is 18.7 Å². The van der Waals surface area contributed by atoms with E-state index in [2.05, 4.69) is 15.9 Å². The molecule has 0 aliphatic rings. The summed E-state index contributed by atoms with van der Waals surface area (Å²) in [5.74, 6) is -0.518. The molecule has 5 heteroatoms. The monoisotopic (exact) mass is 380 g/mol.